The van der Waals surface area contributed by atoms with E-state index in [1.165, 1.54) is 0 Å². The number of anilines is 1. The third-order valence-corrected chi connectivity index (χ3v) is 2.13. The number of carbonyl (C=O) groups is 1. The van der Waals surface area contributed by atoms with E-state index in [-0.39, 0.29) is 6.61 Å². The largest absolute Gasteiger partial charge is 0.459 e. The van der Waals surface area contributed by atoms with Crippen molar-refractivity contribution < 1.29 is 19.7 Å². The molecule has 1 aromatic carbocycles. The molecule has 1 rings (SSSR count). The molecule has 0 heterocycles. The van der Waals surface area contributed by atoms with Crippen molar-refractivity contribution >= 4 is 11.7 Å². The van der Waals surface area contributed by atoms with Crippen LogP contribution in [-0.2, 0) is 4.74 Å². The van der Waals surface area contributed by atoms with Crippen molar-refractivity contribution in [3.05, 3.63) is 29.8 Å². The molecule has 0 aliphatic carbocycles. The number of rotatable bonds is 6. The third-order valence-electron chi connectivity index (χ3n) is 2.13. The number of aliphatic hydroxyl groups excluding tert-OH is 2. The first-order chi connectivity index (χ1) is 8.19. The molecule has 94 valence electrons. The zero-order valence-electron chi connectivity index (χ0n) is 9.72. The lowest BCUT2D eigenvalue weighted by molar-refractivity contribution is 0.00940. The van der Waals surface area contributed by atoms with Gasteiger partial charge in [-0.1, -0.05) is 12.1 Å². The zero-order chi connectivity index (χ0) is 12.7. The Morgan fingerprint density at radius 2 is 2.18 bits per heavy atom. The Morgan fingerprint density at radius 3 is 2.82 bits per heavy atom. The van der Waals surface area contributed by atoms with Gasteiger partial charge in [0.25, 0.3) is 0 Å². The molecule has 0 aliphatic heterocycles. The Balaban J connectivity index is 2.67. The summed E-state index contributed by atoms with van der Waals surface area (Å²) >= 11 is 0. The van der Waals surface area contributed by atoms with Gasteiger partial charge in [-0.2, -0.15) is 0 Å². The van der Waals surface area contributed by atoms with Crippen LogP contribution in [0.4, 0.5) is 5.69 Å². The van der Waals surface area contributed by atoms with Crippen molar-refractivity contribution in [1.29, 1.82) is 0 Å². The molecule has 1 atom stereocenters. The second kappa shape index (κ2) is 6.88. The van der Waals surface area contributed by atoms with Gasteiger partial charge in [0.05, 0.1) is 12.2 Å². The molecule has 5 nitrogen and oxygen atoms in total. The average molecular weight is 239 g/mol. The lowest BCUT2D eigenvalue weighted by Crippen LogP contribution is -2.22. The van der Waals surface area contributed by atoms with E-state index in [1.807, 2.05) is 13.0 Å². The standard InChI is InChI=1S/C12H17NO4/c1-2-13-11-6-4-3-5-10(11)12(16)17-8-9(15)7-14/h3-6,9,13-15H,2,7-8H2,1H3. The number of hydrogen-bond donors (Lipinski definition) is 3. The minimum atomic E-state index is -1.04. The van der Waals surface area contributed by atoms with Crippen LogP contribution in [-0.4, -0.2) is 42.0 Å². The van der Waals surface area contributed by atoms with Crippen LogP contribution < -0.4 is 5.32 Å². The summed E-state index contributed by atoms with van der Waals surface area (Å²) in [4.78, 5) is 11.7. The van der Waals surface area contributed by atoms with Crippen molar-refractivity contribution in [3.63, 3.8) is 0 Å². The highest BCUT2D eigenvalue weighted by Gasteiger charge is 2.13. The van der Waals surface area contributed by atoms with Crippen molar-refractivity contribution in [2.45, 2.75) is 13.0 Å². The fourth-order valence-corrected chi connectivity index (χ4v) is 1.31. The van der Waals surface area contributed by atoms with Crippen molar-refractivity contribution in [3.8, 4) is 0 Å². The Hall–Kier alpha value is -1.59. The van der Waals surface area contributed by atoms with Gasteiger partial charge in [-0.05, 0) is 19.1 Å². The van der Waals surface area contributed by atoms with Gasteiger partial charge in [0.15, 0.2) is 0 Å². The van der Waals surface area contributed by atoms with Gasteiger partial charge in [-0.15, -0.1) is 0 Å². The lowest BCUT2D eigenvalue weighted by Gasteiger charge is -2.11. The highest BCUT2D eigenvalue weighted by Crippen LogP contribution is 2.15. The van der Waals surface area contributed by atoms with Gasteiger partial charge >= 0.3 is 5.97 Å². The summed E-state index contributed by atoms with van der Waals surface area (Å²) in [5.41, 5.74) is 1.11. The number of para-hydroxylation sites is 1. The van der Waals surface area contributed by atoms with Crippen LogP contribution in [0.2, 0.25) is 0 Å². The number of hydrogen-bond acceptors (Lipinski definition) is 5. The topological polar surface area (TPSA) is 78.8 Å². The van der Waals surface area contributed by atoms with E-state index < -0.39 is 18.7 Å². The van der Waals surface area contributed by atoms with Crippen LogP contribution in [0.1, 0.15) is 17.3 Å². The van der Waals surface area contributed by atoms with Crippen LogP contribution in [0, 0.1) is 0 Å². The maximum atomic E-state index is 11.7. The Bertz CT molecular complexity index is 367. The number of nitrogens with one attached hydrogen (secondary N) is 1. The first-order valence-electron chi connectivity index (χ1n) is 5.48. The second-order valence-electron chi connectivity index (χ2n) is 3.51. The molecule has 0 spiro atoms. The predicted molar refractivity (Wildman–Crippen MR) is 64.0 cm³/mol. The molecule has 0 bridgehead atoms. The second-order valence-corrected chi connectivity index (χ2v) is 3.51. The molecule has 3 N–H and O–H groups in total. The third kappa shape index (κ3) is 4.05. The monoisotopic (exact) mass is 239 g/mol. The lowest BCUT2D eigenvalue weighted by atomic mass is 10.2. The summed E-state index contributed by atoms with van der Waals surface area (Å²) in [5.74, 6) is -0.519. The van der Waals surface area contributed by atoms with Crippen molar-refractivity contribution in [2.24, 2.45) is 0 Å². The summed E-state index contributed by atoms with van der Waals surface area (Å²) < 4.78 is 4.88. The fraction of sp³-hybridized carbons (Fsp3) is 0.417. The summed E-state index contributed by atoms with van der Waals surface area (Å²) in [5, 5.41) is 20.7. The molecule has 1 unspecified atom stereocenters. The summed E-state index contributed by atoms with van der Waals surface area (Å²) in [6, 6.07) is 6.98. The molecular formula is C12H17NO4. The van der Waals surface area contributed by atoms with Gasteiger partial charge in [0.1, 0.15) is 12.7 Å². The Morgan fingerprint density at radius 1 is 1.47 bits per heavy atom. The predicted octanol–water partition coefficient (Wildman–Crippen LogP) is 0.628. The highest BCUT2D eigenvalue weighted by molar-refractivity contribution is 5.95. The molecule has 0 saturated heterocycles. The molecule has 0 saturated carbocycles. The number of ether oxygens (including phenoxy) is 1. The normalized spacial score (nSPS) is 11.9. The SMILES string of the molecule is CCNc1ccccc1C(=O)OCC(O)CO. The van der Waals surface area contributed by atoms with Crippen molar-refractivity contribution in [2.75, 3.05) is 25.1 Å². The molecule has 17 heavy (non-hydrogen) atoms. The zero-order valence-corrected chi connectivity index (χ0v) is 9.72. The van der Waals surface area contributed by atoms with Crippen molar-refractivity contribution in [1.82, 2.24) is 0 Å². The van der Waals surface area contributed by atoms with Crippen LogP contribution in [0.3, 0.4) is 0 Å². The quantitative estimate of drug-likeness (QED) is 0.634. The van der Waals surface area contributed by atoms with Crippen LogP contribution >= 0.6 is 0 Å². The van der Waals surface area contributed by atoms with E-state index in [4.69, 9.17) is 14.9 Å². The van der Waals surface area contributed by atoms with Gasteiger partial charge in [0, 0.05) is 12.2 Å². The average Bonchev–Trinajstić information content (AvgIpc) is 2.36. The smallest absolute Gasteiger partial charge is 0.340 e. The summed E-state index contributed by atoms with van der Waals surface area (Å²) in [7, 11) is 0. The van der Waals surface area contributed by atoms with E-state index in [0.717, 1.165) is 0 Å². The molecule has 1 aromatic rings. The maximum absolute atomic E-state index is 11.7. The molecule has 0 aliphatic rings. The minimum Gasteiger partial charge on any atom is -0.459 e. The van der Waals surface area contributed by atoms with Crippen LogP contribution in [0.5, 0.6) is 0 Å². The van der Waals surface area contributed by atoms with E-state index >= 15 is 0 Å². The first-order valence-corrected chi connectivity index (χ1v) is 5.48. The highest BCUT2D eigenvalue weighted by atomic mass is 16.5. The van der Waals surface area contributed by atoms with Gasteiger partial charge < -0.3 is 20.3 Å². The minimum absolute atomic E-state index is 0.213. The summed E-state index contributed by atoms with van der Waals surface area (Å²) in [6.45, 7) is 1.99. The molecule has 0 aromatic heterocycles. The number of carbonyl (C=O) groups excluding carboxylic acids is 1. The fourth-order valence-electron chi connectivity index (χ4n) is 1.31. The van der Waals surface area contributed by atoms with E-state index in [0.29, 0.717) is 17.8 Å². The van der Waals surface area contributed by atoms with Gasteiger partial charge in [-0.25, -0.2) is 4.79 Å². The van der Waals surface area contributed by atoms with E-state index in [9.17, 15) is 4.79 Å². The van der Waals surface area contributed by atoms with Crippen LogP contribution in [0.15, 0.2) is 24.3 Å². The van der Waals surface area contributed by atoms with Gasteiger partial charge in [-0.3, -0.25) is 0 Å². The molecule has 0 fully saturated rings. The molecule has 5 heteroatoms. The Labute approximate surface area is 100 Å². The Kier molecular flexibility index (Phi) is 5.45. The molecule has 0 amide bonds. The number of benzene rings is 1. The number of aliphatic hydroxyl groups is 2. The van der Waals surface area contributed by atoms with Gasteiger partial charge in [0.2, 0.25) is 0 Å². The molecule has 0 radical (unpaired) electrons. The van der Waals surface area contributed by atoms with Crippen LogP contribution in [0.25, 0.3) is 0 Å². The van der Waals surface area contributed by atoms with E-state index in [1.54, 1.807) is 18.2 Å². The first kappa shape index (κ1) is 13.5. The number of esters is 1. The van der Waals surface area contributed by atoms with E-state index in [2.05, 4.69) is 5.32 Å². The molecular weight excluding hydrogens is 222 g/mol. The maximum Gasteiger partial charge on any atom is 0.340 e. The summed E-state index contributed by atoms with van der Waals surface area (Å²) in [6.07, 6.45) is -1.04.